The van der Waals surface area contributed by atoms with Crippen molar-refractivity contribution in [1.29, 1.82) is 0 Å². The second kappa shape index (κ2) is 27.0. The van der Waals surface area contributed by atoms with Gasteiger partial charge in [-0.1, -0.05) is 146 Å². The third-order valence-corrected chi connectivity index (χ3v) is 19.3. The molecule has 0 aromatic heterocycles. The monoisotopic (exact) mass is 1360 g/mol. The van der Waals surface area contributed by atoms with Crippen LogP contribution in [0, 0.1) is 0 Å². The van der Waals surface area contributed by atoms with E-state index in [1.807, 2.05) is 0 Å². The van der Waals surface area contributed by atoms with Gasteiger partial charge in [0.25, 0.3) is 35.4 Å². The average Bonchev–Trinajstić information content (AvgIpc) is 1.48. The highest BCUT2D eigenvalue weighted by Crippen LogP contribution is 2.48. The first-order valence-corrected chi connectivity index (χ1v) is 32.9. The number of hydrogen-bond donors (Lipinski definition) is 0. The summed E-state index contributed by atoms with van der Waals surface area (Å²) in [6.07, 6.45) is -23.5. The van der Waals surface area contributed by atoms with Gasteiger partial charge in [-0.2, -0.15) is 0 Å². The van der Waals surface area contributed by atoms with Gasteiger partial charge in [-0.15, -0.1) is 0 Å². The van der Waals surface area contributed by atoms with Gasteiger partial charge in [0, 0.05) is 23.1 Å². The van der Waals surface area contributed by atoms with Crippen molar-refractivity contribution in [2.24, 2.45) is 0 Å². The van der Waals surface area contributed by atoms with Gasteiger partial charge < -0.3 is 66.4 Å². The van der Waals surface area contributed by atoms with Crippen molar-refractivity contribution < 1.29 is 105 Å². The molecule has 0 radical (unpaired) electrons. The number of esters is 2. The van der Waals surface area contributed by atoms with Gasteiger partial charge >= 0.3 is 11.9 Å². The third kappa shape index (κ3) is 11.7. The molecule has 25 nitrogen and oxygen atoms in total. The van der Waals surface area contributed by atoms with Crippen molar-refractivity contribution in [1.82, 2.24) is 14.7 Å². The summed E-state index contributed by atoms with van der Waals surface area (Å²) in [7, 11) is 0. The Morgan fingerprint density at radius 2 is 0.660 bits per heavy atom. The first-order chi connectivity index (χ1) is 48.8. The summed E-state index contributed by atoms with van der Waals surface area (Å²) in [4.78, 5) is 137. The zero-order valence-corrected chi connectivity index (χ0v) is 53.2. The Hall–Kier alpha value is -9.87. The number of carbonyl (C=O) groups excluding carboxylic acids is 9. The summed E-state index contributed by atoms with van der Waals surface area (Å²) >= 11 is 0. The second-order valence-corrected chi connectivity index (χ2v) is 25.3. The predicted molar refractivity (Wildman–Crippen MR) is 340 cm³/mol. The molecule has 16 rings (SSSR count). The fourth-order valence-electron chi connectivity index (χ4n) is 14.6. The van der Waals surface area contributed by atoms with Crippen molar-refractivity contribution in [3.63, 3.8) is 0 Å². The lowest BCUT2D eigenvalue weighted by Gasteiger charge is -2.56. The maximum atomic E-state index is 15.8. The quantitative estimate of drug-likeness (QED) is 0.0672. The van der Waals surface area contributed by atoms with E-state index in [1.165, 1.54) is 55.5 Å². The molecule has 0 bridgehead atoms. The molecule has 0 spiro atoms. The Morgan fingerprint density at radius 3 is 1.01 bits per heavy atom. The van der Waals surface area contributed by atoms with Crippen LogP contribution in [0.1, 0.15) is 128 Å². The van der Waals surface area contributed by atoms with Crippen molar-refractivity contribution in [3.8, 4) is 0 Å². The largest absolute Gasteiger partial charge is 0.457 e. The average molecular weight is 1360 g/mol. The van der Waals surface area contributed by atoms with Crippen LogP contribution in [0.3, 0.4) is 0 Å². The molecule has 7 aromatic carbocycles. The topological polar surface area (TPSA) is 283 Å². The SMILES string of the molecule is CC(=O)CCC(=O)O[C@H]1[C@@H]2O[C@H](c3ccccc3)OC[C@H]2O[C@@H](O[C@H]2[C@@H]3O[C@H](c4ccccc4)OC[C@H]3O[C@@H](O[C@H]3[C@@H]4O[C@H](c5ccccc5)OC[C@H]4O[C@@H](OC(=O)c4ccccc4)[C@@H]3N3C(=O)c4ccccc4C3=O)[C@@H]2N2C(=O)c3ccccc3C2=O)[C@@H]1N1C(=O)c2ccccc2C1=O. The molecule has 0 unspecified atom stereocenters. The van der Waals surface area contributed by atoms with Crippen LogP contribution in [0.25, 0.3) is 0 Å². The van der Waals surface area contributed by atoms with Crippen LogP contribution in [0.15, 0.2) is 194 Å². The number of benzene rings is 7. The highest BCUT2D eigenvalue weighted by Gasteiger charge is 2.65. The van der Waals surface area contributed by atoms with Crippen molar-refractivity contribution in [3.05, 3.63) is 250 Å². The number of fused-ring (bicyclic) bond motifs is 6. The lowest BCUT2D eigenvalue weighted by atomic mass is 9.91. The van der Waals surface area contributed by atoms with E-state index in [4.69, 9.17) is 61.6 Å². The number of nitrogens with zero attached hydrogens (tertiary/aromatic N) is 3. The number of amides is 6. The van der Waals surface area contributed by atoms with Gasteiger partial charge in [-0.05, 0) is 55.5 Å². The van der Waals surface area contributed by atoms with E-state index in [0.29, 0.717) is 16.7 Å². The Balaban J connectivity index is 0.875. The molecular formula is C75H63N3O22. The molecule has 25 heteroatoms. The number of Topliss-reactive ketones (excluding diaryl/α,β-unsaturated/α-hetero) is 1. The normalized spacial score (nSPS) is 31.3. The zero-order chi connectivity index (χ0) is 68.4. The second-order valence-electron chi connectivity index (χ2n) is 25.3. The number of carbonyl (C=O) groups is 9. The smallest absolute Gasteiger partial charge is 0.340 e. The van der Waals surface area contributed by atoms with Crippen LogP contribution < -0.4 is 0 Å². The lowest BCUT2D eigenvalue weighted by molar-refractivity contribution is -0.404. The minimum Gasteiger partial charge on any atom is -0.457 e. The van der Waals surface area contributed by atoms with E-state index in [2.05, 4.69) is 0 Å². The molecule has 18 atom stereocenters. The maximum absolute atomic E-state index is 15.8. The lowest BCUT2D eigenvalue weighted by Crippen LogP contribution is -2.74. The van der Waals surface area contributed by atoms with Gasteiger partial charge in [0.05, 0.1) is 65.2 Å². The molecule has 9 aliphatic heterocycles. The number of rotatable bonds is 16. The maximum Gasteiger partial charge on any atom is 0.340 e. The van der Waals surface area contributed by atoms with Crippen LogP contribution in [0.2, 0.25) is 0 Å². The van der Waals surface area contributed by atoms with Gasteiger partial charge in [0.1, 0.15) is 72.7 Å². The summed E-state index contributed by atoms with van der Waals surface area (Å²) in [5, 5.41) is 0. The third-order valence-electron chi connectivity index (χ3n) is 19.3. The fourth-order valence-corrected chi connectivity index (χ4v) is 14.6. The molecule has 6 amide bonds. The van der Waals surface area contributed by atoms with Crippen LogP contribution in [0.4, 0.5) is 0 Å². The predicted octanol–water partition coefficient (Wildman–Crippen LogP) is 7.41. The molecule has 9 aliphatic rings. The first kappa shape index (κ1) is 64.8. The molecule has 6 saturated heterocycles. The van der Waals surface area contributed by atoms with E-state index >= 15 is 28.8 Å². The fraction of sp³-hybridized carbons (Fsp3) is 0.320. The summed E-state index contributed by atoms with van der Waals surface area (Å²) < 4.78 is 88.7. The molecule has 0 saturated carbocycles. The zero-order valence-electron chi connectivity index (χ0n) is 53.2. The van der Waals surface area contributed by atoms with E-state index in [9.17, 15) is 14.4 Å². The highest BCUT2D eigenvalue weighted by molar-refractivity contribution is 6.23. The number of hydrogen-bond acceptors (Lipinski definition) is 22. The summed E-state index contributed by atoms with van der Waals surface area (Å²) in [5.41, 5.74) is 1.50. The van der Waals surface area contributed by atoms with Crippen LogP contribution >= 0.6 is 0 Å². The van der Waals surface area contributed by atoms with Gasteiger partial charge in [-0.3, -0.25) is 48.3 Å². The minimum atomic E-state index is -2.02. The standard InChI is InChI=1S/C75H63N3O22/c1-39(79)34-35-53(80)94-60-54(76-63(81)44-28-14-15-29-45(44)64(76)82)73(91-50-36-88-70(95-57(50)60)41-22-8-3-9-23-41)98-61-55(77-65(83)46-30-16-17-31-47(46)66(77)84)74(92-51-37-89-71(96-58(51)61)42-24-10-4-11-25-42)99-62-56(78-67(85)48-32-18-19-33-49(48)68(78)86)75(100-69(87)40-20-6-2-7-21-40)93-52-38-90-72(97-59(52)62)43-26-12-5-13-27-43/h2-33,50-52,54-62,70-75H,34-38H2,1H3/t50-,51-,52-,54-,55-,56-,57-,58-,59-,60-,61-,62-,70-,71-,72-,73+,74+,75+/m1/s1. The van der Waals surface area contributed by atoms with Gasteiger partial charge in [0.15, 0.2) is 37.6 Å². The Labute approximate surface area is 570 Å². The molecule has 510 valence electrons. The summed E-state index contributed by atoms with van der Waals surface area (Å²) in [5.74, 6) is -7.35. The van der Waals surface area contributed by atoms with Crippen molar-refractivity contribution >= 4 is 53.2 Å². The summed E-state index contributed by atoms with van der Waals surface area (Å²) in [6.45, 7) is 0.408. The molecule has 7 aromatic rings. The summed E-state index contributed by atoms with van der Waals surface area (Å²) in [6, 6.07) is 47.0. The Kier molecular flexibility index (Phi) is 17.5. The molecule has 0 N–H and O–H groups in total. The highest BCUT2D eigenvalue weighted by atomic mass is 16.8. The van der Waals surface area contributed by atoms with E-state index in [1.54, 1.807) is 146 Å². The van der Waals surface area contributed by atoms with E-state index in [-0.39, 0.29) is 71.0 Å². The molecule has 9 heterocycles. The van der Waals surface area contributed by atoms with Crippen molar-refractivity contribution in [2.75, 3.05) is 19.8 Å². The number of ether oxygens (including phenoxy) is 13. The first-order valence-electron chi connectivity index (χ1n) is 32.9. The Bertz CT molecular complexity index is 4250. The number of imide groups is 3. The van der Waals surface area contributed by atoms with Gasteiger partial charge in [0.2, 0.25) is 6.29 Å². The van der Waals surface area contributed by atoms with E-state index in [0.717, 1.165) is 14.7 Å². The van der Waals surface area contributed by atoms with E-state index < -0.39 is 165 Å². The van der Waals surface area contributed by atoms with Crippen molar-refractivity contribution in [2.45, 2.75) is 131 Å². The van der Waals surface area contributed by atoms with Crippen LogP contribution in [-0.2, 0) is 71.2 Å². The molecular weight excluding hydrogens is 1290 g/mol. The number of ketones is 1. The minimum absolute atomic E-state index is 0.00955. The van der Waals surface area contributed by atoms with Crippen LogP contribution in [-0.4, -0.2) is 180 Å². The Morgan fingerprint density at radius 1 is 0.360 bits per heavy atom. The molecule has 0 aliphatic carbocycles. The van der Waals surface area contributed by atoms with Gasteiger partial charge in [-0.25, -0.2) is 4.79 Å². The molecule has 100 heavy (non-hydrogen) atoms. The molecule has 6 fully saturated rings. The van der Waals surface area contributed by atoms with Crippen LogP contribution in [0.5, 0.6) is 0 Å².